The van der Waals surface area contributed by atoms with Gasteiger partial charge in [0.2, 0.25) is 0 Å². The van der Waals surface area contributed by atoms with E-state index in [1.807, 2.05) is 31.2 Å². The molecule has 4 nitrogen and oxygen atoms in total. The Morgan fingerprint density at radius 2 is 1.63 bits per heavy atom. The zero-order valence-electron chi connectivity index (χ0n) is 15.5. The second kappa shape index (κ2) is 7.88. The average Bonchev–Trinajstić information content (AvgIpc) is 2.93. The summed E-state index contributed by atoms with van der Waals surface area (Å²) in [6.07, 6.45) is 0. The molecule has 140 valence electrons. The van der Waals surface area contributed by atoms with Crippen molar-refractivity contribution in [1.29, 1.82) is 0 Å². The summed E-state index contributed by atoms with van der Waals surface area (Å²) in [7, 11) is 1.68. The molecule has 3 aromatic rings. The number of carbonyl (C=O) groups excluding carboxylic acids is 1. The Morgan fingerprint density at radius 3 is 2.26 bits per heavy atom. The van der Waals surface area contributed by atoms with Gasteiger partial charge in [-0.05, 0) is 37.1 Å². The van der Waals surface area contributed by atoms with E-state index < -0.39 is 0 Å². The SMILES string of the molecule is Cc1ccc(Cn2c(C)c(C(=O)N(C)Cc3ccc(F)cc3)sc2=O)cc1. The Hall–Kier alpha value is -2.73. The summed E-state index contributed by atoms with van der Waals surface area (Å²) in [6, 6.07) is 14.0. The zero-order valence-corrected chi connectivity index (χ0v) is 16.3. The third-order valence-corrected chi connectivity index (χ3v) is 5.55. The van der Waals surface area contributed by atoms with Crippen molar-refractivity contribution in [3.05, 3.63) is 91.3 Å². The number of rotatable bonds is 5. The van der Waals surface area contributed by atoms with Crippen molar-refractivity contribution in [2.75, 3.05) is 7.05 Å². The number of aryl methyl sites for hydroxylation is 1. The van der Waals surface area contributed by atoms with Crippen LogP contribution in [0.3, 0.4) is 0 Å². The molecule has 0 aliphatic rings. The minimum absolute atomic E-state index is 0.147. The molecule has 0 aliphatic heterocycles. The second-order valence-corrected chi connectivity index (χ2v) is 7.60. The maximum Gasteiger partial charge on any atom is 0.308 e. The first-order valence-corrected chi connectivity index (χ1v) is 9.42. The molecule has 1 aromatic heterocycles. The monoisotopic (exact) mass is 384 g/mol. The minimum Gasteiger partial charge on any atom is -0.337 e. The summed E-state index contributed by atoms with van der Waals surface area (Å²) in [6.45, 7) is 4.60. The van der Waals surface area contributed by atoms with Crippen molar-refractivity contribution in [2.45, 2.75) is 26.9 Å². The van der Waals surface area contributed by atoms with E-state index in [-0.39, 0.29) is 16.6 Å². The van der Waals surface area contributed by atoms with Gasteiger partial charge in [-0.1, -0.05) is 53.3 Å². The van der Waals surface area contributed by atoms with E-state index in [2.05, 4.69) is 0 Å². The number of amides is 1. The van der Waals surface area contributed by atoms with E-state index in [4.69, 9.17) is 0 Å². The maximum atomic E-state index is 13.0. The number of hydrogen-bond acceptors (Lipinski definition) is 3. The number of hydrogen-bond donors (Lipinski definition) is 0. The van der Waals surface area contributed by atoms with Crippen LogP contribution in [0.5, 0.6) is 0 Å². The number of halogens is 1. The topological polar surface area (TPSA) is 42.3 Å². The molecule has 0 unspecified atom stereocenters. The predicted molar refractivity (Wildman–Crippen MR) is 106 cm³/mol. The molecule has 0 spiro atoms. The summed E-state index contributed by atoms with van der Waals surface area (Å²) in [5.74, 6) is -0.517. The van der Waals surface area contributed by atoms with Crippen molar-refractivity contribution < 1.29 is 9.18 Å². The highest BCUT2D eigenvalue weighted by Crippen LogP contribution is 2.17. The molecule has 0 atom stereocenters. The van der Waals surface area contributed by atoms with Crippen LogP contribution in [0.15, 0.2) is 53.3 Å². The van der Waals surface area contributed by atoms with Gasteiger partial charge in [0, 0.05) is 19.3 Å². The third kappa shape index (κ3) is 4.34. The van der Waals surface area contributed by atoms with Gasteiger partial charge in [-0.3, -0.25) is 14.2 Å². The third-order valence-electron chi connectivity index (χ3n) is 4.48. The predicted octanol–water partition coefficient (Wildman–Crippen LogP) is 3.99. The summed E-state index contributed by atoms with van der Waals surface area (Å²) in [5.41, 5.74) is 3.67. The maximum absolute atomic E-state index is 13.0. The molecule has 3 rings (SSSR count). The van der Waals surface area contributed by atoms with Gasteiger partial charge in [0.25, 0.3) is 5.91 Å². The number of nitrogens with zero attached hydrogens (tertiary/aromatic N) is 2. The summed E-state index contributed by atoms with van der Waals surface area (Å²) >= 11 is 0.969. The van der Waals surface area contributed by atoms with Crippen molar-refractivity contribution in [2.24, 2.45) is 0 Å². The molecule has 0 saturated carbocycles. The van der Waals surface area contributed by atoms with Gasteiger partial charge in [0.15, 0.2) is 0 Å². The van der Waals surface area contributed by atoms with Crippen LogP contribution in [-0.2, 0) is 13.1 Å². The highest BCUT2D eigenvalue weighted by Gasteiger charge is 2.21. The molecule has 2 aromatic carbocycles. The van der Waals surface area contributed by atoms with Gasteiger partial charge < -0.3 is 4.90 Å². The Morgan fingerprint density at radius 1 is 1.04 bits per heavy atom. The molecule has 0 fully saturated rings. The molecule has 6 heteroatoms. The lowest BCUT2D eigenvalue weighted by molar-refractivity contribution is 0.0788. The molecule has 27 heavy (non-hydrogen) atoms. The van der Waals surface area contributed by atoms with Crippen LogP contribution in [0.4, 0.5) is 4.39 Å². The molecule has 1 heterocycles. The van der Waals surface area contributed by atoms with E-state index in [9.17, 15) is 14.0 Å². The number of benzene rings is 2. The van der Waals surface area contributed by atoms with E-state index >= 15 is 0 Å². The fourth-order valence-electron chi connectivity index (χ4n) is 2.84. The van der Waals surface area contributed by atoms with Crippen molar-refractivity contribution in [1.82, 2.24) is 9.47 Å². The summed E-state index contributed by atoms with van der Waals surface area (Å²) < 4.78 is 14.7. The number of aromatic nitrogens is 1. The number of thiazole rings is 1. The molecule has 0 radical (unpaired) electrons. The van der Waals surface area contributed by atoms with Crippen LogP contribution in [0.25, 0.3) is 0 Å². The van der Waals surface area contributed by atoms with Gasteiger partial charge in [-0.2, -0.15) is 0 Å². The lowest BCUT2D eigenvalue weighted by Crippen LogP contribution is -2.26. The van der Waals surface area contributed by atoms with E-state index in [1.165, 1.54) is 12.1 Å². The first kappa shape index (κ1) is 19.0. The lowest BCUT2D eigenvalue weighted by atomic mass is 10.1. The van der Waals surface area contributed by atoms with Gasteiger partial charge in [0.1, 0.15) is 10.7 Å². The Kier molecular flexibility index (Phi) is 5.56. The van der Waals surface area contributed by atoms with Crippen LogP contribution >= 0.6 is 11.3 Å². The Balaban J connectivity index is 1.80. The molecule has 0 N–H and O–H groups in total. The van der Waals surface area contributed by atoms with Crippen molar-refractivity contribution in [3.8, 4) is 0 Å². The van der Waals surface area contributed by atoms with Crippen LogP contribution in [0.1, 0.15) is 32.1 Å². The Labute approximate surface area is 161 Å². The average molecular weight is 384 g/mol. The quantitative estimate of drug-likeness (QED) is 0.668. The van der Waals surface area contributed by atoms with Gasteiger partial charge >= 0.3 is 4.87 Å². The van der Waals surface area contributed by atoms with Gasteiger partial charge in [-0.15, -0.1) is 0 Å². The summed E-state index contributed by atoms with van der Waals surface area (Å²) in [4.78, 5) is 27.1. The van der Waals surface area contributed by atoms with Crippen LogP contribution in [-0.4, -0.2) is 22.4 Å². The van der Waals surface area contributed by atoms with Crippen LogP contribution in [0.2, 0.25) is 0 Å². The lowest BCUT2D eigenvalue weighted by Gasteiger charge is -2.17. The molecule has 0 saturated heterocycles. The first-order valence-electron chi connectivity index (χ1n) is 8.61. The molecular weight excluding hydrogens is 363 g/mol. The Bertz CT molecular complexity index is 1000. The largest absolute Gasteiger partial charge is 0.337 e. The van der Waals surface area contributed by atoms with Gasteiger partial charge in [0.05, 0.1) is 6.54 Å². The zero-order chi connectivity index (χ0) is 19.6. The first-order chi connectivity index (χ1) is 12.8. The summed E-state index contributed by atoms with van der Waals surface area (Å²) in [5, 5.41) is 0. The minimum atomic E-state index is -0.310. The fourth-order valence-corrected chi connectivity index (χ4v) is 3.83. The molecule has 0 aliphatic carbocycles. The normalized spacial score (nSPS) is 10.8. The van der Waals surface area contributed by atoms with E-state index in [1.54, 1.807) is 35.6 Å². The number of carbonyl (C=O) groups is 1. The van der Waals surface area contributed by atoms with Crippen molar-refractivity contribution in [3.63, 3.8) is 0 Å². The van der Waals surface area contributed by atoms with E-state index in [0.717, 1.165) is 28.0 Å². The highest BCUT2D eigenvalue weighted by atomic mass is 32.1. The second-order valence-electron chi connectivity index (χ2n) is 6.64. The van der Waals surface area contributed by atoms with Crippen LogP contribution in [0, 0.1) is 19.7 Å². The molecule has 1 amide bonds. The molecular formula is C21H21FN2O2S. The smallest absolute Gasteiger partial charge is 0.308 e. The fraction of sp³-hybridized carbons (Fsp3) is 0.238. The highest BCUT2D eigenvalue weighted by molar-refractivity contribution is 7.11. The molecule has 0 bridgehead atoms. The van der Waals surface area contributed by atoms with Gasteiger partial charge in [-0.25, -0.2) is 4.39 Å². The van der Waals surface area contributed by atoms with Crippen molar-refractivity contribution >= 4 is 17.2 Å². The van der Waals surface area contributed by atoms with Crippen LogP contribution < -0.4 is 4.87 Å². The standard InChI is InChI=1S/C21H21FN2O2S/c1-14-4-6-17(7-5-14)13-24-15(2)19(27-21(24)26)20(25)23(3)12-16-8-10-18(22)11-9-16/h4-11H,12-13H2,1-3H3. The van der Waals surface area contributed by atoms with E-state index in [0.29, 0.717) is 23.7 Å².